The van der Waals surface area contributed by atoms with Gasteiger partial charge in [0.15, 0.2) is 0 Å². The average molecular weight is 295 g/mol. The molecule has 0 aliphatic carbocycles. The summed E-state index contributed by atoms with van der Waals surface area (Å²) < 4.78 is 19.0. The second kappa shape index (κ2) is 4.73. The van der Waals surface area contributed by atoms with Gasteiger partial charge in [0, 0.05) is 16.3 Å². The van der Waals surface area contributed by atoms with Gasteiger partial charge in [-0.25, -0.2) is 0 Å². The molecule has 2 aliphatic heterocycles. The van der Waals surface area contributed by atoms with Crippen molar-refractivity contribution in [1.82, 2.24) is 4.57 Å². The second-order valence-corrected chi connectivity index (χ2v) is 6.00. The van der Waals surface area contributed by atoms with Gasteiger partial charge in [0.25, 0.3) is 0 Å². The molecule has 3 heterocycles. The summed E-state index contributed by atoms with van der Waals surface area (Å²) in [6, 6.07) is 14.8. The normalized spacial score (nSPS) is 23.1. The van der Waals surface area contributed by atoms with Crippen molar-refractivity contribution < 1.29 is 14.2 Å². The Hall–Kier alpha value is -2.04. The summed E-state index contributed by atoms with van der Waals surface area (Å²) in [6.45, 7) is 3.21. The van der Waals surface area contributed by atoms with E-state index in [9.17, 15) is 0 Å². The molecule has 0 spiro atoms. The van der Waals surface area contributed by atoms with Crippen LogP contribution in [0.4, 0.5) is 0 Å². The summed E-state index contributed by atoms with van der Waals surface area (Å²) in [5.41, 5.74) is 2.46. The molecule has 2 aromatic carbocycles. The third-order valence-corrected chi connectivity index (χ3v) is 4.37. The zero-order valence-corrected chi connectivity index (χ0v) is 12.2. The lowest BCUT2D eigenvalue weighted by molar-refractivity contribution is 0.265. The smallest absolute Gasteiger partial charge is 0.129 e. The number of fused-ring (bicyclic) bond motifs is 3. The van der Waals surface area contributed by atoms with E-state index in [0.717, 1.165) is 25.5 Å². The number of hydrogen-bond donors (Lipinski definition) is 0. The van der Waals surface area contributed by atoms with Crippen molar-refractivity contribution in [2.45, 2.75) is 18.8 Å². The molecule has 4 heteroatoms. The molecule has 5 rings (SSSR count). The Morgan fingerprint density at radius 3 is 2.55 bits per heavy atom. The number of rotatable bonds is 5. The first-order valence-corrected chi connectivity index (χ1v) is 7.76. The fraction of sp³-hybridized carbons (Fsp3) is 0.333. The average Bonchev–Trinajstić information content (AvgIpc) is 3.45. The second-order valence-electron chi connectivity index (χ2n) is 6.00. The van der Waals surface area contributed by atoms with E-state index in [1.54, 1.807) is 0 Å². The molecule has 2 unspecified atom stereocenters. The van der Waals surface area contributed by atoms with Crippen molar-refractivity contribution in [3.63, 3.8) is 0 Å². The van der Waals surface area contributed by atoms with Crippen LogP contribution < -0.4 is 4.74 Å². The minimum Gasteiger partial charge on any atom is -0.490 e. The summed E-state index contributed by atoms with van der Waals surface area (Å²) >= 11 is 0. The highest BCUT2D eigenvalue weighted by Crippen LogP contribution is 2.36. The molecule has 1 aromatic heterocycles. The summed E-state index contributed by atoms with van der Waals surface area (Å²) in [4.78, 5) is 0. The molecule has 22 heavy (non-hydrogen) atoms. The molecular formula is C18H17NO3. The van der Waals surface area contributed by atoms with Crippen LogP contribution in [0.2, 0.25) is 0 Å². The molecule has 2 saturated heterocycles. The van der Waals surface area contributed by atoms with E-state index in [2.05, 4.69) is 47.0 Å². The highest BCUT2D eigenvalue weighted by atomic mass is 16.6. The number of ether oxygens (including phenoxy) is 3. The number of nitrogens with zero attached hydrogens (tertiary/aromatic N) is 1. The maximum absolute atomic E-state index is 6.02. The van der Waals surface area contributed by atoms with Crippen LogP contribution in [0, 0.1) is 0 Å². The lowest BCUT2D eigenvalue weighted by Crippen LogP contribution is -2.05. The van der Waals surface area contributed by atoms with Crippen molar-refractivity contribution in [3.05, 3.63) is 42.5 Å². The topological polar surface area (TPSA) is 39.2 Å². The van der Waals surface area contributed by atoms with Crippen LogP contribution in [0.3, 0.4) is 0 Å². The Kier molecular flexibility index (Phi) is 2.69. The molecule has 4 nitrogen and oxygen atoms in total. The lowest BCUT2D eigenvalue weighted by Gasteiger charge is -2.07. The van der Waals surface area contributed by atoms with Crippen LogP contribution in [-0.4, -0.2) is 36.6 Å². The largest absolute Gasteiger partial charge is 0.490 e. The van der Waals surface area contributed by atoms with Crippen LogP contribution in [0.1, 0.15) is 0 Å². The summed E-state index contributed by atoms with van der Waals surface area (Å²) in [7, 11) is 0. The van der Waals surface area contributed by atoms with Gasteiger partial charge in [-0.2, -0.15) is 0 Å². The molecule has 2 aliphatic rings. The Labute approximate surface area is 128 Å². The van der Waals surface area contributed by atoms with Crippen LogP contribution in [0.25, 0.3) is 21.8 Å². The van der Waals surface area contributed by atoms with E-state index >= 15 is 0 Å². The molecule has 0 saturated carbocycles. The predicted octanol–water partition coefficient (Wildman–Crippen LogP) is 2.97. The lowest BCUT2D eigenvalue weighted by atomic mass is 10.1. The van der Waals surface area contributed by atoms with Crippen LogP contribution in [0.15, 0.2) is 42.5 Å². The minimum absolute atomic E-state index is 0.267. The quantitative estimate of drug-likeness (QED) is 0.679. The SMILES string of the molecule is c1ccc2c(c1)c1c(OCC3CO3)cccc1n2CC1CO1. The van der Waals surface area contributed by atoms with Crippen molar-refractivity contribution in [2.75, 3.05) is 19.8 Å². The molecule has 2 atom stereocenters. The zero-order chi connectivity index (χ0) is 14.5. The van der Waals surface area contributed by atoms with Crippen LogP contribution in [0.5, 0.6) is 5.75 Å². The van der Waals surface area contributed by atoms with Crippen LogP contribution >= 0.6 is 0 Å². The van der Waals surface area contributed by atoms with Gasteiger partial charge >= 0.3 is 0 Å². The minimum atomic E-state index is 0.267. The highest BCUT2D eigenvalue weighted by molar-refractivity contribution is 6.11. The summed E-state index contributed by atoms with van der Waals surface area (Å²) in [5.74, 6) is 0.944. The molecule has 0 N–H and O–H groups in total. The van der Waals surface area contributed by atoms with E-state index in [0.29, 0.717) is 12.7 Å². The third kappa shape index (κ3) is 2.07. The Morgan fingerprint density at radius 1 is 0.955 bits per heavy atom. The number of benzene rings is 2. The maximum atomic E-state index is 6.02. The monoisotopic (exact) mass is 295 g/mol. The molecule has 0 amide bonds. The van der Waals surface area contributed by atoms with Gasteiger partial charge in [-0.3, -0.25) is 0 Å². The van der Waals surface area contributed by atoms with Crippen molar-refractivity contribution in [1.29, 1.82) is 0 Å². The predicted molar refractivity (Wildman–Crippen MR) is 84.4 cm³/mol. The van der Waals surface area contributed by atoms with E-state index in [4.69, 9.17) is 14.2 Å². The van der Waals surface area contributed by atoms with E-state index in [1.165, 1.54) is 21.8 Å². The van der Waals surface area contributed by atoms with Gasteiger partial charge in [-0.05, 0) is 18.2 Å². The fourth-order valence-electron chi connectivity index (χ4n) is 3.11. The first kappa shape index (κ1) is 12.5. The Balaban J connectivity index is 1.69. The zero-order valence-electron chi connectivity index (χ0n) is 12.2. The van der Waals surface area contributed by atoms with Crippen LogP contribution in [-0.2, 0) is 16.0 Å². The summed E-state index contributed by atoms with van der Waals surface area (Å²) in [6.07, 6.45) is 0.618. The molecular weight excluding hydrogens is 278 g/mol. The Bertz CT molecular complexity index is 846. The summed E-state index contributed by atoms with van der Waals surface area (Å²) in [5, 5.41) is 2.44. The maximum Gasteiger partial charge on any atom is 0.129 e. The molecule has 2 fully saturated rings. The molecule has 3 aromatic rings. The molecule has 0 bridgehead atoms. The van der Waals surface area contributed by atoms with Crippen molar-refractivity contribution in [3.8, 4) is 5.75 Å². The fourth-order valence-corrected chi connectivity index (χ4v) is 3.11. The first-order chi connectivity index (χ1) is 10.9. The number of para-hydroxylation sites is 1. The molecule has 0 radical (unpaired) electrons. The number of epoxide rings is 2. The standard InChI is InChI=1S/C18H17NO3/c1-2-5-15-14(4-1)18-16(19(15)8-12-9-20-12)6-3-7-17(18)22-11-13-10-21-13/h1-7,12-13H,8-11H2. The Morgan fingerprint density at radius 2 is 1.73 bits per heavy atom. The number of hydrogen-bond acceptors (Lipinski definition) is 3. The van der Waals surface area contributed by atoms with Gasteiger partial charge in [-0.1, -0.05) is 24.3 Å². The van der Waals surface area contributed by atoms with E-state index in [-0.39, 0.29) is 6.10 Å². The van der Waals surface area contributed by atoms with Gasteiger partial charge < -0.3 is 18.8 Å². The highest BCUT2D eigenvalue weighted by Gasteiger charge is 2.26. The molecule has 112 valence electrons. The van der Waals surface area contributed by atoms with Gasteiger partial charge in [0.05, 0.1) is 31.4 Å². The first-order valence-electron chi connectivity index (χ1n) is 7.76. The van der Waals surface area contributed by atoms with Gasteiger partial charge in [0.1, 0.15) is 18.5 Å². The third-order valence-electron chi connectivity index (χ3n) is 4.37. The van der Waals surface area contributed by atoms with Crippen molar-refractivity contribution >= 4 is 21.8 Å². The van der Waals surface area contributed by atoms with E-state index < -0.39 is 0 Å². The van der Waals surface area contributed by atoms with Crippen molar-refractivity contribution in [2.24, 2.45) is 0 Å². The van der Waals surface area contributed by atoms with Gasteiger partial charge in [0.2, 0.25) is 0 Å². The van der Waals surface area contributed by atoms with E-state index in [1.807, 2.05) is 0 Å². The number of aromatic nitrogens is 1. The van der Waals surface area contributed by atoms with Gasteiger partial charge in [-0.15, -0.1) is 0 Å².